The van der Waals surface area contributed by atoms with Crippen LogP contribution >= 0.6 is 0 Å². The van der Waals surface area contributed by atoms with Crippen LogP contribution in [0.25, 0.3) is 0 Å². The largest absolute Gasteiger partial charge is 0.545 e. The van der Waals surface area contributed by atoms with E-state index in [-0.39, 0.29) is 47.4 Å². The standard InChI is InChI=1S/C17H18O6.C8H11N/c1-7-11-8(2)13-15(14(21-11)12(7)22-13)23-17(20)10-6-4-3-5-9(10)16(18)19;1-7(9)8-5-3-2-4-6-8/h3-8,11-15H,1-2H3,(H,18,19);2-7H,9H2,1H3/t7-,8+,11+,12+,13-,14?,15-;7-/m01/s1. The average Bonchev–Trinajstić information content (AvgIpc) is 3.23. The van der Waals surface area contributed by atoms with Crippen molar-refractivity contribution in [3.8, 4) is 0 Å². The molecular formula is C25H29NO6. The number of ether oxygens (including phenoxy) is 3. The number of rotatable bonds is 4. The second-order valence-electron chi connectivity index (χ2n) is 8.86. The summed E-state index contributed by atoms with van der Waals surface area (Å²) in [6.45, 7) is 6.20. The molecule has 0 spiro atoms. The van der Waals surface area contributed by atoms with Crippen LogP contribution in [0.1, 0.15) is 53.1 Å². The Morgan fingerprint density at radius 1 is 0.875 bits per heavy atom. The summed E-state index contributed by atoms with van der Waals surface area (Å²) in [6, 6.07) is 16.6. The average molecular weight is 440 g/mol. The van der Waals surface area contributed by atoms with Crippen molar-refractivity contribution < 1.29 is 34.6 Å². The van der Waals surface area contributed by atoms with Crippen LogP contribution in [0.15, 0.2) is 54.6 Å². The minimum Gasteiger partial charge on any atom is -0.545 e. The molecule has 7 nitrogen and oxygen atoms in total. The third kappa shape index (κ3) is 4.03. The maximum atomic E-state index is 12.4. The summed E-state index contributed by atoms with van der Waals surface area (Å²) in [4.78, 5) is 23.6. The molecule has 4 heterocycles. The smallest absolute Gasteiger partial charge is 0.339 e. The third-order valence-electron chi connectivity index (χ3n) is 6.65. The molecule has 8 atom stereocenters. The number of benzene rings is 2. The van der Waals surface area contributed by atoms with Gasteiger partial charge in [0, 0.05) is 23.0 Å². The van der Waals surface area contributed by atoms with Crippen LogP contribution in [0.2, 0.25) is 0 Å². The van der Waals surface area contributed by atoms with Crippen molar-refractivity contribution in [1.29, 1.82) is 0 Å². The molecule has 0 saturated carbocycles. The van der Waals surface area contributed by atoms with Gasteiger partial charge in [-0.1, -0.05) is 62.4 Å². The fourth-order valence-corrected chi connectivity index (χ4v) is 4.94. The van der Waals surface area contributed by atoms with Gasteiger partial charge >= 0.3 is 5.97 Å². The maximum absolute atomic E-state index is 12.4. The van der Waals surface area contributed by atoms with Crippen LogP contribution in [0.5, 0.6) is 0 Å². The van der Waals surface area contributed by atoms with E-state index in [1.807, 2.05) is 25.1 Å². The van der Waals surface area contributed by atoms with Gasteiger partial charge in [-0.3, -0.25) is 0 Å². The first-order valence-corrected chi connectivity index (χ1v) is 11.0. The lowest BCUT2D eigenvalue weighted by Gasteiger charge is -2.38. The lowest BCUT2D eigenvalue weighted by atomic mass is 9.87. The molecular weight excluding hydrogens is 410 g/mol. The van der Waals surface area contributed by atoms with Gasteiger partial charge in [0.15, 0.2) is 6.10 Å². The van der Waals surface area contributed by atoms with E-state index in [0.29, 0.717) is 6.04 Å². The van der Waals surface area contributed by atoms with Gasteiger partial charge in [0.2, 0.25) is 0 Å². The zero-order valence-corrected chi connectivity index (χ0v) is 18.5. The van der Waals surface area contributed by atoms with Gasteiger partial charge in [-0.05, 0) is 13.0 Å². The van der Waals surface area contributed by atoms with Crippen LogP contribution in [-0.2, 0) is 14.2 Å². The minimum atomic E-state index is -1.40. The zero-order chi connectivity index (χ0) is 23.0. The molecule has 4 aliphatic heterocycles. The van der Waals surface area contributed by atoms with E-state index in [9.17, 15) is 14.7 Å². The van der Waals surface area contributed by atoms with Gasteiger partial charge in [-0.2, -0.15) is 0 Å². The Labute approximate surface area is 187 Å². The van der Waals surface area contributed by atoms with Gasteiger partial charge in [-0.25, -0.2) is 4.79 Å². The van der Waals surface area contributed by atoms with Crippen molar-refractivity contribution in [1.82, 2.24) is 0 Å². The van der Waals surface area contributed by atoms with Crippen molar-refractivity contribution in [2.45, 2.75) is 57.3 Å². The Morgan fingerprint density at radius 2 is 1.44 bits per heavy atom. The highest BCUT2D eigenvalue weighted by Crippen LogP contribution is 2.50. The summed E-state index contributed by atoms with van der Waals surface area (Å²) < 4.78 is 17.5. The fraction of sp³-hybridized carbons (Fsp3) is 0.440. The predicted molar refractivity (Wildman–Crippen MR) is 113 cm³/mol. The molecule has 2 aromatic rings. The Morgan fingerprint density at radius 3 is 2.03 bits per heavy atom. The number of carbonyl (C=O) groups is 2. The second-order valence-corrected chi connectivity index (χ2v) is 8.86. The highest BCUT2D eigenvalue weighted by Gasteiger charge is 2.65. The van der Waals surface area contributed by atoms with Crippen molar-refractivity contribution in [2.24, 2.45) is 11.8 Å². The lowest BCUT2D eigenvalue weighted by Crippen LogP contribution is -2.51. The number of esters is 1. The first-order chi connectivity index (χ1) is 15.3. The summed E-state index contributed by atoms with van der Waals surface area (Å²) >= 11 is 0. The molecule has 0 aliphatic carbocycles. The number of quaternary nitrogens is 1. The quantitative estimate of drug-likeness (QED) is 0.721. The first kappa shape index (κ1) is 22.5. The van der Waals surface area contributed by atoms with Gasteiger partial charge in [0.05, 0.1) is 23.7 Å². The SMILES string of the molecule is C[C@@H]([NH3+])c1ccccc1.C[C@@H]1[C@@H]2OC3[C@@H](OC(=O)c4ccccc4C(=O)[O-])[C@H]1O[C@@H]3[C@H]2C. The van der Waals surface area contributed by atoms with E-state index in [1.165, 1.54) is 23.8 Å². The molecule has 3 N–H and O–H groups in total. The van der Waals surface area contributed by atoms with Crippen LogP contribution in [0.4, 0.5) is 0 Å². The number of carboxylic acid groups (broad SMARTS) is 1. The molecule has 6 rings (SSSR count). The number of carboxylic acids is 1. The van der Waals surface area contributed by atoms with E-state index in [0.717, 1.165) is 0 Å². The van der Waals surface area contributed by atoms with E-state index in [4.69, 9.17) is 14.2 Å². The summed E-state index contributed by atoms with van der Waals surface area (Å²) in [5, 5.41) is 11.1. The van der Waals surface area contributed by atoms with E-state index in [2.05, 4.69) is 31.7 Å². The summed E-state index contributed by atoms with van der Waals surface area (Å²) in [6.07, 6.45) is -0.891. The molecule has 0 radical (unpaired) electrons. The fourth-order valence-electron chi connectivity index (χ4n) is 4.94. The Hall–Kier alpha value is -2.74. The van der Waals surface area contributed by atoms with Crippen LogP contribution in [-0.4, -0.2) is 42.5 Å². The van der Waals surface area contributed by atoms with Gasteiger partial charge in [0.25, 0.3) is 0 Å². The van der Waals surface area contributed by atoms with Crippen molar-refractivity contribution in [3.05, 3.63) is 71.3 Å². The zero-order valence-electron chi connectivity index (χ0n) is 18.5. The molecule has 4 bridgehead atoms. The summed E-state index contributed by atoms with van der Waals surface area (Å²) in [5.74, 6) is -1.68. The molecule has 7 heteroatoms. The molecule has 2 aromatic carbocycles. The molecule has 0 aromatic heterocycles. The normalized spacial score (nSPS) is 32.7. The minimum absolute atomic E-state index is 0.00878. The highest BCUT2D eigenvalue weighted by molar-refractivity contribution is 6.01. The van der Waals surface area contributed by atoms with Gasteiger partial charge < -0.3 is 29.8 Å². The topological polar surface area (TPSA) is 113 Å². The predicted octanol–water partition coefficient (Wildman–Crippen LogP) is 1.39. The van der Waals surface area contributed by atoms with Crippen LogP contribution in [0.3, 0.4) is 0 Å². The molecule has 0 amide bonds. The molecule has 32 heavy (non-hydrogen) atoms. The monoisotopic (exact) mass is 439 g/mol. The number of carbonyl (C=O) groups excluding carboxylic acids is 2. The van der Waals surface area contributed by atoms with Crippen molar-refractivity contribution in [2.75, 3.05) is 0 Å². The number of hydrogen-bond donors (Lipinski definition) is 1. The molecule has 4 fully saturated rings. The highest BCUT2D eigenvalue weighted by atomic mass is 16.6. The third-order valence-corrected chi connectivity index (χ3v) is 6.65. The molecule has 170 valence electrons. The Kier molecular flexibility index (Phi) is 6.33. The van der Waals surface area contributed by atoms with E-state index in [1.54, 1.807) is 6.07 Å². The first-order valence-electron chi connectivity index (χ1n) is 11.0. The van der Waals surface area contributed by atoms with Gasteiger partial charge in [-0.15, -0.1) is 0 Å². The maximum Gasteiger partial charge on any atom is 0.339 e. The summed E-state index contributed by atoms with van der Waals surface area (Å²) in [5.41, 5.74) is 5.03. The van der Waals surface area contributed by atoms with Crippen molar-refractivity contribution in [3.63, 3.8) is 0 Å². The van der Waals surface area contributed by atoms with E-state index >= 15 is 0 Å². The molecule has 4 aliphatic rings. The number of aromatic carboxylic acids is 1. The van der Waals surface area contributed by atoms with Crippen molar-refractivity contribution >= 4 is 11.9 Å². The molecule has 1 unspecified atom stereocenters. The Balaban J connectivity index is 0.000000230. The Bertz CT molecular complexity index is 973. The van der Waals surface area contributed by atoms with Gasteiger partial charge in [0.1, 0.15) is 18.2 Å². The lowest BCUT2D eigenvalue weighted by molar-refractivity contribution is -0.420. The number of hydrogen-bond acceptors (Lipinski definition) is 6. The van der Waals surface area contributed by atoms with Crippen LogP contribution in [0, 0.1) is 11.8 Å². The summed E-state index contributed by atoms with van der Waals surface area (Å²) in [7, 11) is 0. The second kappa shape index (κ2) is 9.02. The van der Waals surface area contributed by atoms with E-state index < -0.39 is 18.0 Å². The molecule has 4 saturated heterocycles. The van der Waals surface area contributed by atoms with Crippen LogP contribution < -0.4 is 10.8 Å².